The Hall–Kier alpha value is -2.37. The summed E-state index contributed by atoms with van der Waals surface area (Å²) < 4.78 is 5.54. The van der Waals surface area contributed by atoms with E-state index in [9.17, 15) is 4.79 Å². The van der Waals surface area contributed by atoms with Gasteiger partial charge in [-0.2, -0.15) is 5.10 Å². The van der Waals surface area contributed by atoms with Crippen molar-refractivity contribution in [3.63, 3.8) is 0 Å². The number of rotatable bonds is 5. The summed E-state index contributed by atoms with van der Waals surface area (Å²) in [6, 6.07) is 5.54. The van der Waals surface area contributed by atoms with Gasteiger partial charge < -0.3 is 10.1 Å². The Balaban J connectivity index is 1.88. The van der Waals surface area contributed by atoms with E-state index in [1.54, 1.807) is 0 Å². The predicted molar refractivity (Wildman–Crippen MR) is 74.4 cm³/mol. The highest BCUT2D eigenvalue weighted by Crippen LogP contribution is 2.20. The Bertz CT molecular complexity index is 581. The first-order valence-electron chi connectivity index (χ1n) is 6.41. The molecular formula is C14H18N4O2. The molecule has 0 saturated carbocycles. The fourth-order valence-electron chi connectivity index (χ4n) is 1.80. The maximum Gasteiger partial charge on any atom is 0.258 e. The first-order valence-corrected chi connectivity index (χ1v) is 6.41. The summed E-state index contributed by atoms with van der Waals surface area (Å²) in [5.41, 5.74) is 2.18. The van der Waals surface area contributed by atoms with Crippen molar-refractivity contribution in [3.8, 4) is 5.75 Å². The van der Waals surface area contributed by atoms with Gasteiger partial charge in [0.2, 0.25) is 0 Å². The fraction of sp³-hybridized carbons (Fsp3) is 0.357. The largest absolute Gasteiger partial charge is 0.483 e. The summed E-state index contributed by atoms with van der Waals surface area (Å²) in [4.78, 5) is 15.8. The molecule has 2 N–H and O–H groups in total. The monoisotopic (exact) mass is 274 g/mol. The molecule has 2 rings (SSSR count). The van der Waals surface area contributed by atoms with Crippen molar-refractivity contribution in [2.75, 3.05) is 6.61 Å². The van der Waals surface area contributed by atoms with E-state index in [0.29, 0.717) is 5.82 Å². The predicted octanol–water partition coefficient (Wildman–Crippen LogP) is 1.68. The Morgan fingerprint density at radius 2 is 2.25 bits per heavy atom. The summed E-state index contributed by atoms with van der Waals surface area (Å²) in [5.74, 6) is 1.15. The molecule has 0 radical (unpaired) electrons. The number of nitrogens with zero attached hydrogens (tertiary/aromatic N) is 2. The summed E-state index contributed by atoms with van der Waals surface area (Å²) in [6.07, 6.45) is 1.41. The van der Waals surface area contributed by atoms with Gasteiger partial charge in [0.25, 0.3) is 5.91 Å². The number of carbonyl (C=O) groups excluding carboxylic acids is 1. The number of aryl methyl sites for hydroxylation is 1. The molecule has 20 heavy (non-hydrogen) atoms. The second kappa shape index (κ2) is 6.18. The molecule has 0 bridgehead atoms. The van der Waals surface area contributed by atoms with Crippen molar-refractivity contribution in [1.82, 2.24) is 20.5 Å². The Kier molecular flexibility index (Phi) is 4.34. The number of carbonyl (C=O) groups is 1. The van der Waals surface area contributed by atoms with Gasteiger partial charge in [0.05, 0.1) is 6.04 Å². The van der Waals surface area contributed by atoms with E-state index in [2.05, 4.69) is 20.5 Å². The molecule has 0 aliphatic rings. The average Bonchev–Trinajstić information content (AvgIpc) is 2.94. The van der Waals surface area contributed by atoms with Gasteiger partial charge in [0.1, 0.15) is 17.9 Å². The number of hydrogen-bond donors (Lipinski definition) is 2. The first kappa shape index (κ1) is 14.0. The second-order valence-electron chi connectivity index (χ2n) is 4.65. The van der Waals surface area contributed by atoms with E-state index in [0.717, 1.165) is 16.9 Å². The number of nitrogens with one attached hydrogen (secondary N) is 2. The van der Waals surface area contributed by atoms with Crippen molar-refractivity contribution in [2.24, 2.45) is 0 Å². The lowest BCUT2D eigenvalue weighted by Crippen LogP contribution is -2.31. The van der Waals surface area contributed by atoms with E-state index < -0.39 is 0 Å². The van der Waals surface area contributed by atoms with Gasteiger partial charge in [-0.3, -0.25) is 9.89 Å². The molecule has 1 amide bonds. The molecule has 1 unspecified atom stereocenters. The summed E-state index contributed by atoms with van der Waals surface area (Å²) in [7, 11) is 0. The minimum atomic E-state index is -0.229. The average molecular weight is 274 g/mol. The van der Waals surface area contributed by atoms with Gasteiger partial charge in [0, 0.05) is 0 Å². The van der Waals surface area contributed by atoms with Crippen molar-refractivity contribution in [1.29, 1.82) is 0 Å². The molecule has 6 nitrogen and oxygen atoms in total. The van der Waals surface area contributed by atoms with Crippen LogP contribution in [-0.2, 0) is 4.79 Å². The summed E-state index contributed by atoms with van der Waals surface area (Å²) in [6.45, 7) is 5.78. The molecule has 1 aromatic carbocycles. The van der Waals surface area contributed by atoms with Crippen LogP contribution in [0.2, 0.25) is 0 Å². The highest BCUT2D eigenvalue weighted by atomic mass is 16.5. The third-order valence-electron chi connectivity index (χ3n) is 3.14. The van der Waals surface area contributed by atoms with Gasteiger partial charge in [0.15, 0.2) is 6.61 Å². The quantitative estimate of drug-likeness (QED) is 0.869. The van der Waals surface area contributed by atoms with Crippen LogP contribution < -0.4 is 10.1 Å². The SMILES string of the molecule is Cc1cccc(OCC(=O)NC(C)c2ncn[nH]2)c1C. The Morgan fingerprint density at radius 3 is 2.95 bits per heavy atom. The van der Waals surface area contributed by atoms with Crippen LogP contribution in [0.4, 0.5) is 0 Å². The summed E-state index contributed by atoms with van der Waals surface area (Å²) >= 11 is 0. The normalized spacial score (nSPS) is 11.9. The van der Waals surface area contributed by atoms with Gasteiger partial charge in [-0.1, -0.05) is 12.1 Å². The number of aromatic nitrogens is 3. The van der Waals surface area contributed by atoms with Crippen molar-refractivity contribution >= 4 is 5.91 Å². The van der Waals surface area contributed by atoms with Crippen LogP contribution in [0.3, 0.4) is 0 Å². The molecule has 1 heterocycles. The number of benzene rings is 1. The fourth-order valence-corrected chi connectivity index (χ4v) is 1.80. The standard InChI is InChI=1S/C14H18N4O2/c1-9-5-4-6-12(10(9)2)20-7-13(19)17-11(3)14-15-8-16-18-14/h4-6,8,11H,7H2,1-3H3,(H,17,19)(H,15,16,18). The molecule has 6 heteroatoms. The van der Waals surface area contributed by atoms with E-state index in [-0.39, 0.29) is 18.6 Å². The zero-order valence-corrected chi connectivity index (χ0v) is 11.8. The van der Waals surface area contributed by atoms with E-state index in [1.807, 2.05) is 39.0 Å². The molecule has 0 aliphatic heterocycles. The van der Waals surface area contributed by atoms with Crippen molar-refractivity contribution in [2.45, 2.75) is 26.8 Å². The number of ether oxygens (including phenoxy) is 1. The minimum absolute atomic E-state index is 0.0250. The summed E-state index contributed by atoms with van der Waals surface area (Å²) in [5, 5.41) is 9.25. The highest BCUT2D eigenvalue weighted by molar-refractivity contribution is 5.77. The zero-order chi connectivity index (χ0) is 14.5. The van der Waals surface area contributed by atoms with Gasteiger partial charge in [-0.15, -0.1) is 0 Å². The molecule has 106 valence electrons. The van der Waals surface area contributed by atoms with Crippen LogP contribution in [-0.4, -0.2) is 27.7 Å². The zero-order valence-electron chi connectivity index (χ0n) is 11.8. The van der Waals surface area contributed by atoms with Crippen molar-refractivity contribution in [3.05, 3.63) is 41.5 Å². The maximum absolute atomic E-state index is 11.8. The third kappa shape index (κ3) is 3.34. The smallest absolute Gasteiger partial charge is 0.258 e. The first-order chi connectivity index (χ1) is 9.58. The maximum atomic E-state index is 11.8. The van der Waals surface area contributed by atoms with E-state index in [1.165, 1.54) is 6.33 Å². The number of hydrogen-bond acceptors (Lipinski definition) is 4. The Morgan fingerprint density at radius 1 is 1.45 bits per heavy atom. The van der Waals surface area contributed by atoms with Crippen LogP contribution in [0.25, 0.3) is 0 Å². The molecule has 2 aromatic rings. The van der Waals surface area contributed by atoms with Crippen LogP contribution >= 0.6 is 0 Å². The molecule has 0 fully saturated rings. The van der Waals surface area contributed by atoms with Gasteiger partial charge >= 0.3 is 0 Å². The van der Waals surface area contributed by atoms with Crippen LogP contribution in [0.1, 0.15) is 29.9 Å². The topological polar surface area (TPSA) is 79.9 Å². The van der Waals surface area contributed by atoms with Gasteiger partial charge in [-0.05, 0) is 38.0 Å². The van der Waals surface area contributed by atoms with Crippen molar-refractivity contribution < 1.29 is 9.53 Å². The highest BCUT2D eigenvalue weighted by Gasteiger charge is 2.12. The van der Waals surface area contributed by atoms with Crippen LogP contribution in [0, 0.1) is 13.8 Å². The van der Waals surface area contributed by atoms with Crippen LogP contribution in [0.15, 0.2) is 24.5 Å². The van der Waals surface area contributed by atoms with Crippen LogP contribution in [0.5, 0.6) is 5.75 Å². The third-order valence-corrected chi connectivity index (χ3v) is 3.14. The molecule has 1 aromatic heterocycles. The lowest BCUT2D eigenvalue weighted by atomic mass is 10.1. The minimum Gasteiger partial charge on any atom is -0.483 e. The number of amides is 1. The van der Waals surface area contributed by atoms with E-state index in [4.69, 9.17) is 4.74 Å². The lowest BCUT2D eigenvalue weighted by Gasteiger charge is -2.13. The Labute approximate surface area is 117 Å². The lowest BCUT2D eigenvalue weighted by molar-refractivity contribution is -0.123. The molecular weight excluding hydrogens is 256 g/mol. The van der Waals surface area contributed by atoms with Gasteiger partial charge in [-0.25, -0.2) is 4.98 Å². The number of H-pyrrole nitrogens is 1. The molecule has 0 saturated heterocycles. The van der Waals surface area contributed by atoms with E-state index >= 15 is 0 Å². The molecule has 0 aliphatic carbocycles. The molecule has 1 atom stereocenters. The second-order valence-corrected chi connectivity index (χ2v) is 4.65. The number of aromatic amines is 1. The molecule has 0 spiro atoms.